The number of fused-ring (bicyclic) bond motifs is 2. The lowest BCUT2D eigenvalue weighted by molar-refractivity contribution is 0.0996. The van der Waals surface area contributed by atoms with Crippen LogP contribution in [0.3, 0.4) is 0 Å². The second kappa shape index (κ2) is 6.42. The van der Waals surface area contributed by atoms with Crippen LogP contribution in [0.2, 0.25) is 0 Å². The number of hydrogen-bond acceptors (Lipinski definition) is 6. The smallest absolute Gasteiger partial charge is 0.332 e. The Morgan fingerprint density at radius 3 is 2.85 bits per heavy atom. The topological polar surface area (TPSA) is 125 Å². The Morgan fingerprint density at radius 2 is 2.11 bits per heavy atom. The van der Waals surface area contributed by atoms with Crippen LogP contribution in [0, 0.1) is 0 Å². The molecule has 9 heteroatoms. The highest BCUT2D eigenvalue weighted by molar-refractivity contribution is 6.01. The SMILES string of the molecule is CCC[C@H](C)c1nc(C(N)=O)c2[nH]c(=O)n(-c3ccc4c(c3)OCO4)c2n1. The van der Waals surface area contributed by atoms with Crippen LogP contribution in [-0.2, 0) is 0 Å². The summed E-state index contributed by atoms with van der Waals surface area (Å²) < 4.78 is 12.1. The fourth-order valence-electron chi connectivity index (χ4n) is 3.23. The number of ether oxygens (including phenoxy) is 2. The molecule has 1 aliphatic rings. The van der Waals surface area contributed by atoms with Crippen molar-refractivity contribution in [3.63, 3.8) is 0 Å². The Hall–Kier alpha value is -3.36. The molecule has 27 heavy (non-hydrogen) atoms. The average Bonchev–Trinajstić information content (AvgIpc) is 3.23. The molecule has 3 N–H and O–H groups in total. The number of aromatic amines is 1. The number of nitrogens with zero attached hydrogens (tertiary/aromatic N) is 3. The van der Waals surface area contributed by atoms with E-state index in [0.717, 1.165) is 12.8 Å². The first-order valence-electron chi connectivity index (χ1n) is 8.72. The number of rotatable bonds is 5. The number of carbonyl (C=O) groups is 1. The second-order valence-electron chi connectivity index (χ2n) is 6.49. The molecule has 1 aromatic carbocycles. The fraction of sp³-hybridized carbons (Fsp3) is 0.333. The van der Waals surface area contributed by atoms with Gasteiger partial charge in [-0.2, -0.15) is 0 Å². The molecule has 1 atom stereocenters. The number of nitrogens with two attached hydrogens (primary N) is 1. The molecule has 2 aromatic heterocycles. The van der Waals surface area contributed by atoms with Crippen LogP contribution in [-0.4, -0.2) is 32.2 Å². The molecule has 1 aliphatic heterocycles. The van der Waals surface area contributed by atoms with E-state index in [1.807, 2.05) is 6.92 Å². The molecular formula is C18H19N5O4. The zero-order valence-electron chi connectivity index (χ0n) is 15.0. The first-order chi connectivity index (χ1) is 13.0. The zero-order valence-corrected chi connectivity index (χ0v) is 15.0. The molecule has 0 aliphatic carbocycles. The van der Waals surface area contributed by atoms with Gasteiger partial charge < -0.3 is 20.2 Å². The molecule has 1 amide bonds. The fourth-order valence-corrected chi connectivity index (χ4v) is 3.23. The summed E-state index contributed by atoms with van der Waals surface area (Å²) in [6.45, 7) is 4.17. The van der Waals surface area contributed by atoms with Crippen molar-refractivity contribution in [1.29, 1.82) is 0 Å². The molecule has 0 unspecified atom stereocenters. The number of carbonyl (C=O) groups excluding carboxylic acids is 1. The molecule has 0 saturated heterocycles. The van der Waals surface area contributed by atoms with Gasteiger partial charge in [0, 0.05) is 12.0 Å². The van der Waals surface area contributed by atoms with Crippen LogP contribution in [0.5, 0.6) is 11.5 Å². The Balaban J connectivity index is 1.97. The monoisotopic (exact) mass is 369 g/mol. The molecule has 3 aromatic rings. The van der Waals surface area contributed by atoms with Crippen molar-refractivity contribution in [2.75, 3.05) is 6.79 Å². The van der Waals surface area contributed by atoms with Crippen LogP contribution >= 0.6 is 0 Å². The van der Waals surface area contributed by atoms with Gasteiger partial charge in [-0.15, -0.1) is 0 Å². The number of nitrogens with one attached hydrogen (secondary N) is 1. The maximum absolute atomic E-state index is 12.6. The van der Waals surface area contributed by atoms with Crippen molar-refractivity contribution in [1.82, 2.24) is 19.5 Å². The molecule has 0 spiro atoms. The molecule has 0 bridgehead atoms. The Morgan fingerprint density at radius 1 is 1.33 bits per heavy atom. The van der Waals surface area contributed by atoms with Gasteiger partial charge in [0.2, 0.25) is 6.79 Å². The molecule has 140 valence electrons. The third kappa shape index (κ3) is 2.80. The van der Waals surface area contributed by atoms with Gasteiger partial charge in [-0.05, 0) is 18.6 Å². The minimum absolute atomic E-state index is 0.00884. The van der Waals surface area contributed by atoms with E-state index < -0.39 is 11.6 Å². The van der Waals surface area contributed by atoms with Crippen molar-refractivity contribution in [2.24, 2.45) is 5.73 Å². The second-order valence-corrected chi connectivity index (χ2v) is 6.49. The van der Waals surface area contributed by atoms with Gasteiger partial charge in [0.15, 0.2) is 22.8 Å². The number of hydrogen-bond donors (Lipinski definition) is 2. The van der Waals surface area contributed by atoms with Gasteiger partial charge in [0.05, 0.1) is 5.69 Å². The molecule has 3 heterocycles. The number of amides is 1. The molecule has 0 saturated carbocycles. The van der Waals surface area contributed by atoms with Crippen LogP contribution in [0.25, 0.3) is 16.9 Å². The van der Waals surface area contributed by atoms with Gasteiger partial charge in [0.1, 0.15) is 11.3 Å². The van der Waals surface area contributed by atoms with E-state index >= 15 is 0 Å². The molecule has 0 radical (unpaired) electrons. The Labute approximate surface area is 154 Å². The summed E-state index contributed by atoms with van der Waals surface area (Å²) in [4.78, 5) is 36.1. The predicted molar refractivity (Wildman–Crippen MR) is 97.4 cm³/mol. The first kappa shape index (κ1) is 17.1. The van der Waals surface area contributed by atoms with E-state index in [4.69, 9.17) is 15.2 Å². The van der Waals surface area contributed by atoms with Crippen molar-refractivity contribution < 1.29 is 14.3 Å². The highest BCUT2D eigenvalue weighted by Crippen LogP contribution is 2.34. The third-order valence-corrected chi connectivity index (χ3v) is 4.56. The normalized spacial score (nSPS) is 13.9. The molecule has 4 rings (SSSR count). The van der Waals surface area contributed by atoms with Gasteiger partial charge in [-0.25, -0.2) is 19.3 Å². The number of imidazole rings is 1. The van der Waals surface area contributed by atoms with E-state index in [2.05, 4.69) is 21.9 Å². The molecule has 9 nitrogen and oxygen atoms in total. The first-order valence-corrected chi connectivity index (χ1v) is 8.72. The molecular weight excluding hydrogens is 350 g/mol. The number of primary amides is 1. The van der Waals surface area contributed by atoms with E-state index in [9.17, 15) is 9.59 Å². The maximum Gasteiger partial charge on any atom is 0.332 e. The Kier molecular flexibility index (Phi) is 4.06. The summed E-state index contributed by atoms with van der Waals surface area (Å²) in [7, 11) is 0. The summed E-state index contributed by atoms with van der Waals surface area (Å²) in [5.74, 6) is 0.930. The third-order valence-electron chi connectivity index (χ3n) is 4.56. The summed E-state index contributed by atoms with van der Waals surface area (Å²) in [6, 6.07) is 5.14. The standard InChI is InChI=1S/C18H19N5O4/c1-3-4-9(2)16-20-13(15(19)24)14-17(22-16)23(18(25)21-14)10-5-6-11-12(7-10)27-8-26-11/h5-7,9H,3-4,8H2,1-2H3,(H2,19,24)(H,21,25)/t9-/m0/s1. The number of benzene rings is 1. The maximum atomic E-state index is 12.6. The lowest BCUT2D eigenvalue weighted by atomic mass is 10.1. The lowest BCUT2D eigenvalue weighted by Gasteiger charge is -2.11. The quantitative estimate of drug-likeness (QED) is 0.707. The lowest BCUT2D eigenvalue weighted by Crippen LogP contribution is -2.17. The highest BCUT2D eigenvalue weighted by Gasteiger charge is 2.22. The van der Waals surface area contributed by atoms with Gasteiger partial charge in [-0.1, -0.05) is 20.3 Å². The van der Waals surface area contributed by atoms with Crippen LogP contribution < -0.4 is 20.9 Å². The summed E-state index contributed by atoms with van der Waals surface area (Å²) in [6.07, 6.45) is 1.79. The van der Waals surface area contributed by atoms with Gasteiger partial charge >= 0.3 is 5.69 Å². The largest absolute Gasteiger partial charge is 0.454 e. The van der Waals surface area contributed by atoms with Crippen LogP contribution in [0.15, 0.2) is 23.0 Å². The molecule has 0 fully saturated rings. The summed E-state index contributed by atoms with van der Waals surface area (Å²) >= 11 is 0. The van der Waals surface area contributed by atoms with E-state index in [0.29, 0.717) is 28.7 Å². The number of aromatic nitrogens is 4. The van der Waals surface area contributed by atoms with Crippen LogP contribution in [0.1, 0.15) is 48.9 Å². The minimum atomic E-state index is -0.716. The Bertz CT molecular complexity index is 1100. The predicted octanol–water partition coefficient (Wildman–Crippen LogP) is 1.84. The van der Waals surface area contributed by atoms with Crippen LogP contribution in [0.4, 0.5) is 0 Å². The summed E-state index contributed by atoms with van der Waals surface area (Å²) in [5.41, 5.74) is 6.13. The van der Waals surface area contributed by atoms with Crippen molar-refractivity contribution >= 4 is 17.1 Å². The zero-order chi connectivity index (χ0) is 19.1. The van der Waals surface area contributed by atoms with Crippen molar-refractivity contribution in [3.05, 3.63) is 40.2 Å². The van der Waals surface area contributed by atoms with Gasteiger partial charge in [-0.3, -0.25) is 4.79 Å². The average molecular weight is 369 g/mol. The summed E-state index contributed by atoms with van der Waals surface area (Å²) in [5, 5.41) is 0. The van der Waals surface area contributed by atoms with Crippen molar-refractivity contribution in [3.8, 4) is 17.2 Å². The highest BCUT2D eigenvalue weighted by atomic mass is 16.7. The van der Waals surface area contributed by atoms with E-state index in [1.165, 1.54) is 4.57 Å². The minimum Gasteiger partial charge on any atom is -0.454 e. The van der Waals surface area contributed by atoms with E-state index in [-0.39, 0.29) is 23.9 Å². The van der Waals surface area contributed by atoms with Crippen molar-refractivity contribution in [2.45, 2.75) is 32.6 Å². The van der Waals surface area contributed by atoms with E-state index in [1.54, 1.807) is 18.2 Å². The number of H-pyrrole nitrogens is 1. The van der Waals surface area contributed by atoms with Gasteiger partial charge in [0.25, 0.3) is 5.91 Å².